The van der Waals surface area contributed by atoms with Gasteiger partial charge in [0.1, 0.15) is 0 Å². The van der Waals surface area contributed by atoms with Crippen LogP contribution in [0.1, 0.15) is 8.35 Å². The molecule has 0 saturated heterocycles. The molecule has 0 amide bonds. The molecule has 0 atom stereocenters. The fourth-order valence-electron chi connectivity index (χ4n) is 0. The first-order valence-corrected chi connectivity index (χ1v) is 1.28. The maximum absolute atomic E-state index is 3.61. The van der Waals surface area contributed by atoms with Crippen LogP contribution in [-0.4, -0.2) is 13.3 Å². The van der Waals surface area contributed by atoms with Crippen LogP contribution < -0.4 is 0 Å². The lowest BCUT2D eigenvalue weighted by Gasteiger charge is -1.53. The first-order valence-electron chi connectivity index (χ1n) is 1.28. The number of aliphatic imine (C=N–C) groups is 1. The average molecular weight is 58.1 g/mol. The summed E-state index contributed by atoms with van der Waals surface area (Å²) >= 11 is 0. The van der Waals surface area contributed by atoms with Crippen LogP contribution in [0.5, 0.6) is 0 Å². The van der Waals surface area contributed by atoms with Crippen LogP contribution in [0.4, 0.5) is 0 Å². The first kappa shape index (κ1) is 3.67. The van der Waals surface area contributed by atoms with Crippen LogP contribution in [0.3, 0.4) is 0 Å². The maximum atomic E-state index is 3.61. The van der Waals surface area contributed by atoms with Gasteiger partial charge in [-0.3, -0.25) is 0 Å². The predicted molar refractivity (Wildman–Crippen MR) is 21.2 cm³/mol. The Labute approximate surface area is 27.8 Å². The molecule has 0 aromatic carbocycles. The van der Waals surface area contributed by atoms with Crippen molar-refractivity contribution in [3.05, 3.63) is 0 Å². The van der Waals surface area contributed by atoms with Crippen LogP contribution in [0.25, 0.3) is 0 Å². The van der Waals surface area contributed by atoms with Gasteiger partial charge in [-0.2, -0.15) is 0 Å². The predicted octanol–water partition coefficient (Wildman–Crippen LogP) is 0.819. The molecule has 0 unspecified atom stereocenters. The summed E-state index contributed by atoms with van der Waals surface area (Å²) in [6.45, 7) is 1.89. The minimum Gasteiger partial charge on any atom is -0.301 e. The van der Waals surface area contributed by atoms with Crippen molar-refractivity contribution in [1.29, 1.82) is 0 Å². The molecular weight excluding hydrogens is 50.0 g/mol. The fourth-order valence-corrected chi connectivity index (χ4v) is 0. The summed E-state index contributed by atoms with van der Waals surface area (Å²) in [5.41, 5.74) is 0. The molecule has 4 heavy (non-hydrogen) atoms. The van der Waals surface area contributed by atoms with Crippen molar-refractivity contribution in [2.24, 2.45) is 4.99 Å². The van der Waals surface area contributed by atoms with Crippen LogP contribution in [0.2, 0.25) is 0 Å². The van der Waals surface area contributed by atoms with Crippen LogP contribution in [0, 0.1) is 0 Å². The first-order chi connectivity index (χ1) is 1.91. The maximum Gasteiger partial charge on any atom is 1.00 e. The van der Waals surface area contributed by atoms with Gasteiger partial charge in [-0.25, -0.2) is 0 Å². The molecular formula is C3H8N+. The third kappa shape index (κ3) is 1.67. The zero-order chi connectivity index (χ0) is 3.41. The van der Waals surface area contributed by atoms with Crippen molar-refractivity contribution >= 4 is 6.21 Å². The van der Waals surface area contributed by atoms with Gasteiger partial charge in [0.05, 0.1) is 0 Å². The molecule has 24 valence electrons. The monoisotopic (exact) mass is 58.1 g/mol. The lowest BCUT2D eigenvalue weighted by Crippen LogP contribution is -1.47. The van der Waals surface area contributed by atoms with Crippen LogP contribution in [0.15, 0.2) is 4.99 Å². The number of hydrogen-bond donors (Lipinski definition) is 0. The van der Waals surface area contributed by atoms with E-state index in [1.807, 2.05) is 6.92 Å². The summed E-state index contributed by atoms with van der Waals surface area (Å²) in [7, 11) is 1.75. The second-order valence-corrected chi connectivity index (χ2v) is 0.516. The second-order valence-electron chi connectivity index (χ2n) is 0.516. The average Bonchev–Trinajstić information content (AvgIpc) is 1.37. The molecule has 0 fully saturated rings. The Balaban J connectivity index is 0. The standard InChI is InChI=1S/C3H7N/c1-3-4-2/h3H,1-2H3/p+1. The van der Waals surface area contributed by atoms with Gasteiger partial charge < -0.3 is 4.99 Å². The Morgan fingerprint density at radius 1 is 2.00 bits per heavy atom. The molecule has 1 nitrogen and oxygen atoms in total. The zero-order valence-corrected chi connectivity index (χ0v) is 3.02. The number of rotatable bonds is 0. The molecule has 0 saturated carbocycles. The molecule has 0 aliphatic carbocycles. The van der Waals surface area contributed by atoms with E-state index in [-0.39, 0.29) is 1.43 Å². The van der Waals surface area contributed by atoms with Gasteiger partial charge >= 0.3 is 1.43 Å². The Bertz CT molecular complexity index is 22.1. The highest BCUT2D eigenvalue weighted by atomic mass is 14.6. The summed E-state index contributed by atoms with van der Waals surface area (Å²) in [5.74, 6) is 0. The highest BCUT2D eigenvalue weighted by molar-refractivity contribution is 5.52. The second kappa shape index (κ2) is 2.67. The van der Waals surface area contributed by atoms with E-state index in [9.17, 15) is 0 Å². The Hall–Kier alpha value is -0.330. The Morgan fingerprint density at radius 2 is 2.25 bits per heavy atom. The van der Waals surface area contributed by atoms with E-state index >= 15 is 0 Å². The van der Waals surface area contributed by atoms with Crippen molar-refractivity contribution in [3.63, 3.8) is 0 Å². The molecule has 0 aromatic heterocycles. The van der Waals surface area contributed by atoms with Crippen molar-refractivity contribution in [2.45, 2.75) is 6.92 Å². The Kier molecular flexibility index (Phi) is 2.45. The topological polar surface area (TPSA) is 12.4 Å². The van der Waals surface area contributed by atoms with Gasteiger partial charge in [0.15, 0.2) is 0 Å². The van der Waals surface area contributed by atoms with Gasteiger partial charge in [-0.1, -0.05) is 0 Å². The number of nitrogens with zero attached hydrogens (tertiary/aromatic N) is 1. The third-order valence-electron chi connectivity index (χ3n) is 0.258. The van der Waals surface area contributed by atoms with Gasteiger partial charge in [0.25, 0.3) is 0 Å². The Morgan fingerprint density at radius 3 is 2.25 bits per heavy atom. The normalized spacial score (nSPS) is 9.50. The van der Waals surface area contributed by atoms with E-state index in [0.29, 0.717) is 0 Å². The molecule has 0 aliphatic heterocycles. The minimum absolute atomic E-state index is 0. The summed E-state index contributed by atoms with van der Waals surface area (Å²) in [5, 5.41) is 0. The van der Waals surface area contributed by atoms with E-state index in [0.717, 1.165) is 0 Å². The lowest BCUT2D eigenvalue weighted by molar-refractivity contribution is 1.46. The van der Waals surface area contributed by atoms with Crippen LogP contribution >= 0.6 is 0 Å². The highest BCUT2D eigenvalue weighted by Gasteiger charge is 1.32. The zero-order valence-electron chi connectivity index (χ0n) is 4.02. The van der Waals surface area contributed by atoms with Gasteiger partial charge in [-0.15, -0.1) is 0 Å². The summed E-state index contributed by atoms with van der Waals surface area (Å²) in [6.07, 6.45) is 1.75. The van der Waals surface area contributed by atoms with Crippen molar-refractivity contribution in [3.8, 4) is 0 Å². The summed E-state index contributed by atoms with van der Waals surface area (Å²) in [4.78, 5) is 3.61. The fraction of sp³-hybridized carbons (Fsp3) is 0.667. The van der Waals surface area contributed by atoms with Crippen LogP contribution in [-0.2, 0) is 0 Å². The van der Waals surface area contributed by atoms with Gasteiger partial charge in [-0.05, 0) is 13.1 Å². The smallest absolute Gasteiger partial charge is 0.301 e. The minimum atomic E-state index is 0. The lowest BCUT2D eigenvalue weighted by atomic mass is 10.9. The molecule has 0 N–H and O–H groups in total. The molecule has 0 aliphatic rings. The molecule has 0 heterocycles. The summed E-state index contributed by atoms with van der Waals surface area (Å²) in [6, 6.07) is 0. The molecule has 0 bridgehead atoms. The molecule has 0 spiro atoms. The van der Waals surface area contributed by atoms with Gasteiger partial charge in [0, 0.05) is 7.05 Å². The third-order valence-corrected chi connectivity index (χ3v) is 0.258. The van der Waals surface area contributed by atoms with E-state index in [1.54, 1.807) is 13.3 Å². The quantitative estimate of drug-likeness (QED) is 0.366. The van der Waals surface area contributed by atoms with Crippen molar-refractivity contribution in [2.75, 3.05) is 7.05 Å². The van der Waals surface area contributed by atoms with Crippen molar-refractivity contribution in [1.82, 2.24) is 0 Å². The van der Waals surface area contributed by atoms with Gasteiger partial charge in [0.2, 0.25) is 0 Å². The molecule has 1 heteroatoms. The SMILES string of the molecule is CC=NC.[H+]. The summed E-state index contributed by atoms with van der Waals surface area (Å²) < 4.78 is 0. The van der Waals surface area contributed by atoms with E-state index in [1.165, 1.54) is 0 Å². The number of hydrogen-bond acceptors (Lipinski definition) is 1. The largest absolute Gasteiger partial charge is 1.00 e. The van der Waals surface area contributed by atoms with E-state index in [2.05, 4.69) is 4.99 Å². The van der Waals surface area contributed by atoms with E-state index in [4.69, 9.17) is 0 Å². The van der Waals surface area contributed by atoms with Crippen molar-refractivity contribution < 1.29 is 1.43 Å². The van der Waals surface area contributed by atoms with E-state index < -0.39 is 0 Å². The molecule has 0 rings (SSSR count). The molecule has 0 radical (unpaired) electrons. The highest BCUT2D eigenvalue weighted by Crippen LogP contribution is 1.39. The molecule has 0 aromatic rings.